The van der Waals surface area contributed by atoms with Gasteiger partial charge in [0.2, 0.25) is 0 Å². The number of hydrogen-bond donors (Lipinski definition) is 1. The standard InChI is InChI=1S/C10H12N4O4/c1-3-7(2)11-12-9-5-4-8(13(15)16)6-10(9)14(17)18/h4-6,12H,3H2,1-2H3. The van der Waals surface area contributed by atoms with Crippen LogP contribution in [-0.2, 0) is 0 Å². The third-order valence-corrected chi connectivity index (χ3v) is 2.27. The molecule has 0 aromatic heterocycles. The molecule has 1 aromatic rings. The van der Waals surface area contributed by atoms with E-state index in [-0.39, 0.29) is 17.1 Å². The number of hydrogen-bond acceptors (Lipinski definition) is 6. The van der Waals surface area contributed by atoms with Gasteiger partial charge in [-0.2, -0.15) is 5.10 Å². The molecule has 1 aromatic carbocycles. The Bertz CT molecular complexity index is 513. The molecule has 0 saturated heterocycles. The Hall–Kier alpha value is -2.51. The first-order valence-corrected chi connectivity index (χ1v) is 5.17. The molecule has 0 radical (unpaired) electrons. The number of nitrogens with zero attached hydrogens (tertiary/aromatic N) is 3. The van der Waals surface area contributed by atoms with E-state index >= 15 is 0 Å². The second-order valence-electron chi connectivity index (χ2n) is 3.53. The Balaban J connectivity index is 3.12. The van der Waals surface area contributed by atoms with Crippen molar-refractivity contribution in [3.63, 3.8) is 0 Å². The SMILES string of the molecule is CCC(C)=NNc1ccc([N+](=O)[O-])cc1[N+](=O)[O-]. The van der Waals surface area contributed by atoms with Crippen molar-refractivity contribution in [2.75, 3.05) is 5.43 Å². The zero-order valence-electron chi connectivity index (χ0n) is 9.91. The van der Waals surface area contributed by atoms with Gasteiger partial charge in [-0.15, -0.1) is 0 Å². The van der Waals surface area contributed by atoms with Gasteiger partial charge in [0.1, 0.15) is 5.69 Å². The van der Waals surface area contributed by atoms with Crippen LogP contribution in [0.5, 0.6) is 0 Å². The average Bonchev–Trinajstić information content (AvgIpc) is 2.35. The van der Waals surface area contributed by atoms with E-state index in [2.05, 4.69) is 10.5 Å². The van der Waals surface area contributed by atoms with Gasteiger partial charge in [-0.1, -0.05) is 6.92 Å². The van der Waals surface area contributed by atoms with E-state index in [0.29, 0.717) is 6.42 Å². The maximum atomic E-state index is 10.8. The molecule has 1 N–H and O–H groups in total. The summed E-state index contributed by atoms with van der Waals surface area (Å²) in [5, 5.41) is 25.3. The minimum absolute atomic E-state index is 0.124. The van der Waals surface area contributed by atoms with Crippen molar-refractivity contribution in [2.45, 2.75) is 20.3 Å². The highest BCUT2D eigenvalue weighted by molar-refractivity contribution is 5.82. The number of nitro groups is 2. The third kappa shape index (κ3) is 3.24. The zero-order chi connectivity index (χ0) is 13.7. The van der Waals surface area contributed by atoms with Gasteiger partial charge in [0.15, 0.2) is 0 Å². The monoisotopic (exact) mass is 252 g/mol. The Morgan fingerprint density at radius 1 is 1.33 bits per heavy atom. The van der Waals surface area contributed by atoms with Crippen molar-refractivity contribution in [2.24, 2.45) is 5.10 Å². The summed E-state index contributed by atoms with van der Waals surface area (Å²) in [7, 11) is 0. The highest BCUT2D eigenvalue weighted by atomic mass is 16.6. The van der Waals surface area contributed by atoms with Gasteiger partial charge in [0.25, 0.3) is 5.69 Å². The predicted octanol–water partition coefficient (Wildman–Crippen LogP) is 2.70. The molecule has 0 saturated carbocycles. The molecule has 0 aliphatic carbocycles. The minimum atomic E-state index is -0.688. The van der Waals surface area contributed by atoms with Gasteiger partial charge >= 0.3 is 5.69 Å². The van der Waals surface area contributed by atoms with Gasteiger partial charge in [0, 0.05) is 11.8 Å². The number of nitrogens with one attached hydrogen (secondary N) is 1. The molecular weight excluding hydrogens is 240 g/mol. The van der Waals surface area contributed by atoms with Crippen LogP contribution < -0.4 is 5.43 Å². The lowest BCUT2D eigenvalue weighted by atomic mass is 10.2. The van der Waals surface area contributed by atoms with Crippen molar-refractivity contribution in [3.8, 4) is 0 Å². The number of rotatable bonds is 5. The number of anilines is 1. The lowest BCUT2D eigenvalue weighted by Crippen LogP contribution is -2.00. The van der Waals surface area contributed by atoms with Crippen molar-refractivity contribution in [1.82, 2.24) is 0 Å². The van der Waals surface area contributed by atoms with Crippen LogP contribution >= 0.6 is 0 Å². The highest BCUT2D eigenvalue weighted by Gasteiger charge is 2.19. The van der Waals surface area contributed by atoms with Gasteiger partial charge < -0.3 is 0 Å². The van der Waals surface area contributed by atoms with Crippen LogP contribution in [0.2, 0.25) is 0 Å². The molecule has 0 heterocycles. The van der Waals surface area contributed by atoms with Crippen LogP contribution in [0.1, 0.15) is 20.3 Å². The predicted molar refractivity (Wildman–Crippen MR) is 66.8 cm³/mol. The van der Waals surface area contributed by atoms with Crippen LogP contribution in [0.4, 0.5) is 17.1 Å². The fourth-order valence-electron chi connectivity index (χ4n) is 1.11. The van der Waals surface area contributed by atoms with Crippen LogP contribution in [0.15, 0.2) is 23.3 Å². The molecule has 0 unspecified atom stereocenters. The lowest BCUT2D eigenvalue weighted by molar-refractivity contribution is -0.393. The van der Waals surface area contributed by atoms with E-state index in [1.165, 1.54) is 12.1 Å². The minimum Gasteiger partial charge on any atom is -0.272 e. The van der Waals surface area contributed by atoms with Crippen molar-refractivity contribution >= 4 is 22.8 Å². The topological polar surface area (TPSA) is 111 Å². The molecule has 96 valence electrons. The summed E-state index contributed by atoms with van der Waals surface area (Å²) in [5.41, 5.74) is 2.72. The molecule has 8 heteroatoms. The van der Waals surface area contributed by atoms with E-state index in [9.17, 15) is 20.2 Å². The van der Waals surface area contributed by atoms with Gasteiger partial charge in [-0.05, 0) is 19.4 Å². The fourth-order valence-corrected chi connectivity index (χ4v) is 1.11. The number of benzene rings is 1. The van der Waals surface area contributed by atoms with E-state index in [1.807, 2.05) is 6.92 Å². The van der Waals surface area contributed by atoms with Gasteiger partial charge in [0.05, 0.1) is 15.9 Å². The summed E-state index contributed by atoms with van der Waals surface area (Å²) in [6, 6.07) is 3.36. The smallest absolute Gasteiger partial charge is 0.272 e. The fraction of sp³-hybridized carbons (Fsp3) is 0.300. The summed E-state index contributed by atoms with van der Waals surface area (Å²) >= 11 is 0. The quantitative estimate of drug-likeness (QED) is 0.492. The Morgan fingerprint density at radius 3 is 2.50 bits per heavy atom. The van der Waals surface area contributed by atoms with Gasteiger partial charge in [-0.3, -0.25) is 25.7 Å². The zero-order valence-corrected chi connectivity index (χ0v) is 9.91. The van der Waals surface area contributed by atoms with E-state index < -0.39 is 9.85 Å². The van der Waals surface area contributed by atoms with E-state index in [1.54, 1.807) is 6.92 Å². The molecule has 1 rings (SSSR count). The van der Waals surface area contributed by atoms with Crippen LogP contribution in [-0.4, -0.2) is 15.6 Å². The second kappa shape index (κ2) is 5.71. The Morgan fingerprint density at radius 2 is 2.00 bits per heavy atom. The second-order valence-corrected chi connectivity index (χ2v) is 3.53. The average molecular weight is 252 g/mol. The Labute approximate surface area is 103 Å². The summed E-state index contributed by atoms with van der Waals surface area (Å²) < 4.78 is 0. The normalized spacial score (nSPS) is 11.1. The van der Waals surface area contributed by atoms with Crippen LogP contribution in [0.3, 0.4) is 0 Å². The van der Waals surface area contributed by atoms with Gasteiger partial charge in [-0.25, -0.2) is 0 Å². The van der Waals surface area contributed by atoms with E-state index in [4.69, 9.17) is 0 Å². The molecule has 0 bridgehead atoms. The Kier molecular flexibility index (Phi) is 4.30. The third-order valence-electron chi connectivity index (χ3n) is 2.27. The first-order valence-electron chi connectivity index (χ1n) is 5.17. The molecule has 0 aliphatic heterocycles. The summed E-state index contributed by atoms with van der Waals surface area (Å²) in [5.74, 6) is 0. The molecule has 0 amide bonds. The van der Waals surface area contributed by atoms with Crippen molar-refractivity contribution in [3.05, 3.63) is 38.4 Å². The first kappa shape index (κ1) is 13.6. The number of hydrazone groups is 1. The first-order chi connectivity index (χ1) is 8.45. The number of non-ortho nitro benzene ring substituents is 1. The van der Waals surface area contributed by atoms with Crippen molar-refractivity contribution in [1.29, 1.82) is 0 Å². The molecule has 8 nitrogen and oxygen atoms in total. The molecular formula is C10H12N4O4. The lowest BCUT2D eigenvalue weighted by Gasteiger charge is -2.03. The van der Waals surface area contributed by atoms with E-state index in [0.717, 1.165) is 11.8 Å². The summed E-state index contributed by atoms with van der Waals surface area (Å²) in [4.78, 5) is 20.0. The maximum absolute atomic E-state index is 10.8. The molecule has 0 spiro atoms. The summed E-state index contributed by atoms with van der Waals surface area (Å²) in [6.45, 7) is 3.66. The van der Waals surface area contributed by atoms with Crippen LogP contribution in [0, 0.1) is 20.2 Å². The van der Waals surface area contributed by atoms with Crippen LogP contribution in [0.25, 0.3) is 0 Å². The van der Waals surface area contributed by atoms with Crippen molar-refractivity contribution < 1.29 is 9.85 Å². The molecule has 0 fully saturated rings. The molecule has 0 aliphatic rings. The molecule has 18 heavy (non-hydrogen) atoms. The molecule has 0 atom stereocenters. The highest BCUT2D eigenvalue weighted by Crippen LogP contribution is 2.28. The summed E-state index contributed by atoms with van der Waals surface area (Å²) in [6.07, 6.45) is 0.702. The maximum Gasteiger partial charge on any atom is 0.301 e. The number of nitro benzene ring substituents is 2. The largest absolute Gasteiger partial charge is 0.301 e.